The first kappa shape index (κ1) is 31.1. The predicted molar refractivity (Wildman–Crippen MR) is 139 cm³/mol. The summed E-state index contributed by atoms with van der Waals surface area (Å²) in [5.41, 5.74) is 3.44. The zero-order valence-electron chi connectivity index (χ0n) is 22.5. The quantitative estimate of drug-likeness (QED) is 0.122. The van der Waals surface area contributed by atoms with E-state index in [1.807, 2.05) is 13.8 Å². The summed E-state index contributed by atoms with van der Waals surface area (Å²) in [6.07, 6.45) is 8.02. The minimum atomic E-state index is -1.91. The van der Waals surface area contributed by atoms with Gasteiger partial charge in [-0.05, 0) is 63.1 Å². The van der Waals surface area contributed by atoms with Gasteiger partial charge in [-0.15, -0.1) is 0 Å². The van der Waals surface area contributed by atoms with E-state index < -0.39 is 13.9 Å². The summed E-state index contributed by atoms with van der Waals surface area (Å²) < 4.78 is 17.7. The van der Waals surface area contributed by atoms with E-state index in [-0.39, 0.29) is 13.4 Å². The largest absolute Gasteiger partial charge is 0.405 e. The van der Waals surface area contributed by atoms with Crippen LogP contribution >= 0.6 is 0 Å². The van der Waals surface area contributed by atoms with Gasteiger partial charge >= 0.3 is 0 Å². The fraction of sp³-hybridized carbons (Fsp3) is 0.778. The van der Waals surface area contributed by atoms with Crippen molar-refractivity contribution < 1.29 is 19.0 Å². The Balaban J connectivity index is 5.11. The van der Waals surface area contributed by atoms with Crippen LogP contribution in [0.15, 0.2) is 23.3 Å². The molecule has 0 heterocycles. The highest BCUT2D eigenvalue weighted by Crippen LogP contribution is 2.42. The van der Waals surface area contributed by atoms with Crippen molar-refractivity contribution in [2.24, 2.45) is 0 Å². The van der Waals surface area contributed by atoms with Crippen LogP contribution in [0, 0.1) is 11.8 Å². The number of aliphatic hydroxyl groups excluding tert-OH is 1. The highest BCUT2D eigenvalue weighted by Gasteiger charge is 2.44. The number of hydrogen-bond donors (Lipinski definition) is 1. The van der Waals surface area contributed by atoms with Crippen LogP contribution in [0.3, 0.4) is 0 Å². The van der Waals surface area contributed by atoms with E-state index in [2.05, 4.69) is 72.5 Å². The summed E-state index contributed by atoms with van der Waals surface area (Å²) >= 11 is 0. The van der Waals surface area contributed by atoms with Crippen molar-refractivity contribution in [3.8, 4) is 11.8 Å². The Morgan fingerprint density at radius 2 is 1.53 bits per heavy atom. The molecule has 0 aliphatic rings. The lowest BCUT2D eigenvalue weighted by Crippen LogP contribution is -2.47. The van der Waals surface area contributed by atoms with Crippen LogP contribution in [-0.2, 0) is 13.9 Å². The van der Waals surface area contributed by atoms with Gasteiger partial charge in [0.15, 0.2) is 0 Å². The first-order valence-corrected chi connectivity index (χ1v) is 14.3. The Kier molecular flexibility index (Phi) is 15.4. The van der Waals surface area contributed by atoms with Gasteiger partial charge in [0.2, 0.25) is 8.32 Å². The lowest BCUT2D eigenvalue weighted by Gasteiger charge is -2.41. The Hall–Kier alpha value is -0.903. The van der Waals surface area contributed by atoms with Crippen LogP contribution in [0.1, 0.15) is 88.0 Å². The summed E-state index contributed by atoms with van der Waals surface area (Å²) in [5.74, 6) is 6.61. The molecule has 0 aliphatic heterocycles. The summed E-state index contributed by atoms with van der Waals surface area (Å²) in [6.45, 7) is 20.7. The van der Waals surface area contributed by atoms with Crippen LogP contribution in [0.5, 0.6) is 0 Å². The number of ether oxygens (including phenoxy) is 2. The lowest BCUT2D eigenvalue weighted by molar-refractivity contribution is -0.0980. The van der Waals surface area contributed by atoms with Gasteiger partial charge in [0, 0.05) is 7.11 Å². The van der Waals surface area contributed by atoms with Gasteiger partial charge in [-0.25, -0.2) is 0 Å². The predicted octanol–water partition coefficient (Wildman–Crippen LogP) is 7.01. The maximum atomic E-state index is 9.09. The van der Waals surface area contributed by atoms with Crippen molar-refractivity contribution in [1.29, 1.82) is 0 Å². The molecule has 0 radical (unpaired) electrons. The molecular weight excluding hydrogens is 416 g/mol. The highest BCUT2D eigenvalue weighted by molar-refractivity contribution is 6.77. The van der Waals surface area contributed by atoms with Crippen LogP contribution in [0.25, 0.3) is 0 Å². The van der Waals surface area contributed by atoms with Crippen LogP contribution in [0.2, 0.25) is 16.6 Å². The van der Waals surface area contributed by atoms with Gasteiger partial charge in [0.1, 0.15) is 12.4 Å². The van der Waals surface area contributed by atoms with E-state index >= 15 is 0 Å². The van der Waals surface area contributed by atoms with Gasteiger partial charge in [0.25, 0.3) is 0 Å². The van der Waals surface area contributed by atoms with Crippen molar-refractivity contribution in [2.75, 3.05) is 27.1 Å². The number of aliphatic hydroxyl groups is 1. The third kappa shape index (κ3) is 10.8. The average Bonchev–Trinajstić information content (AvgIpc) is 2.71. The summed E-state index contributed by atoms with van der Waals surface area (Å²) in [4.78, 5) is 0. The number of methoxy groups -OCH3 is 1. The molecule has 0 saturated heterocycles. The number of hydrogen-bond acceptors (Lipinski definition) is 4. The lowest BCUT2D eigenvalue weighted by atomic mass is 9.99. The second-order valence-electron chi connectivity index (χ2n) is 10.0. The van der Waals surface area contributed by atoms with E-state index in [4.69, 9.17) is 19.0 Å². The SMILES string of the molecule is COCOC(C)(C#CCO[Si](C(C)C)(C(C)C)C(C)C)CC/C=C(\C)CC/C=C(\C)CO. The van der Waals surface area contributed by atoms with E-state index in [0.717, 1.165) is 31.3 Å². The fourth-order valence-corrected chi connectivity index (χ4v) is 9.87. The molecule has 0 aliphatic carbocycles. The molecule has 0 aromatic heterocycles. The average molecular weight is 467 g/mol. The van der Waals surface area contributed by atoms with Crippen molar-refractivity contribution in [3.05, 3.63) is 23.3 Å². The highest BCUT2D eigenvalue weighted by atomic mass is 28.4. The molecule has 1 N–H and O–H groups in total. The first-order valence-electron chi connectivity index (χ1n) is 12.1. The Morgan fingerprint density at radius 1 is 0.969 bits per heavy atom. The third-order valence-corrected chi connectivity index (χ3v) is 12.4. The smallest absolute Gasteiger partial charge is 0.201 e. The van der Waals surface area contributed by atoms with Gasteiger partial charge < -0.3 is 19.0 Å². The molecule has 1 unspecified atom stereocenters. The maximum Gasteiger partial charge on any atom is 0.201 e. The number of rotatable bonds is 15. The van der Waals surface area contributed by atoms with Crippen molar-refractivity contribution in [2.45, 2.75) is 110 Å². The molecule has 5 heteroatoms. The van der Waals surface area contributed by atoms with Crippen LogP contribution in [-0.4, -0.2) is 46.1 Å². The second kappa shape index (κ2) is 15.8. The summed E-state index contributed by atoms with van der Waals surface area (Å²) in [6, 6.07) is 0. The molecular formula is C27H50O4Si. The fourth-order valence-electron chi connectivity index (χ4n) is 4.55. The second-order valence-corrected chi connectivity index (χ2v) is 15.5. The normalized spacial score (nSPS) is 15.3. The van der Waals surface area contributed by atoms with Crippen molar-refractivity contribution in [1.82, 2.24) is 0 Å². The molecule has 0 bridgehead atoms. The Morgan fingerprint density at radius 3 is 2.03 bits per heavy atom. The molecule has 0 aromatic carbocycles. The molecule has 0 aromatic rings. The zero-order chi connectivity index (χ0) is 24.8. The van der Waals surface area contributed by atoms with Gasteiger partial charge in [-0.1, -0.05) is 76.7 Å². The van der Waals surface area contributed by atoms with E-state index in [1.54, 1.807) is 7.11 Å². The molecule has 186 valence electrons. The van der Waals surface area contributed by atoms with E-state index in [1.165, 1.54) is 5.57 Å². The van der Waals surface area contributed by atoms with E-state index in [0.29, 0.717) is 23.2 Å². The standard InChI is InChI=1S/C27H50O4Si/c1-22(2)32(23(3)4,24(5)6)31-19-13-18-27(9,30-21-29-10)17-12-16-25(7)14-11-15-26(8)20-28/h15-16,22-24,28H,11-12,14,17,19-21H2,1-10H3/b25-16+,26-15+. The summed E-state index contributed by atoms with van der Waals surface area (Å²) in [7, 11) is -0.276. The molecule has 1 atom stereocenters. The minimum Gasteiger partial charge on any atom is -0.405 e. The topological polar surface area (TPSA) is 47.9 Å². The van der Waals surface area contributed by atoms with Crippen molar-refractivity contribution in [3.63, 3.8) is 0 Å². The van der Waals surface area contributed by atoms with E-state index in [9.17, 15) is 0 Å². The molecule has 0 rings (SSSR count). The first-order chi connectivity index (χ1) is 14.9. The zero-order valence-corrected chi connectivity index (χ0v) is 23.5. The number of allylic oxidation sites excluding steroid dienone is 3. The molecule has 0 amide bonds. The summed E-state index contributed by atoms with van der Waals surface area (Å²) in [5, 5.41) is 9.09. The molecule has 32 heavy (non-hydrogen) atoms. The molecule has 4 nitrogen and oxygen atoms in total. The minimum absolute atomic E-state index is 0.134. The van der Waals surface area contributed by atoms with Gasteiger partial charge in [-0.2, -0.15) is 0 Å². The molecule has 0 saturated carbocycles. The third-order valence-electron chi connectivity index (χ3n) is 6.34. The molecule has 0 fully saturated rings. The Labute approximate surface area is 199 Å². The van der Waals surface area contributed by atoms with Crippen molar-refractivity contribution >= 4 is 8.32 Å². The maximum absolute atomic E-state index is 9.09. The monoisotopic (exact) mass is 466 g/mol. The van der Waals surface area contributed by atoms with Gasteiger partial charge in [-0.3, -0.25) is 0 Å². The van der Waals surface area contributed by atoms with Crippen LogP contribution in [0.4, 0.5) is 0 Å². The molecule has 0 spiro atoms. The van der Waals surface area contributed by atoms with Gasteiger partial charge in [0.05, 0.1) is 13.2 Å². The van der Waals surface area contributed by atoms with Crippen LogP contribution < -0.4 is 0 Å². The Bertz CT molecular complexity index is 618.